The minimum atomic E-state index is -0.119. The van der Waals surface area contributed by atoms with Crippen molar-refractivity contribution in [2.45, 2.75) is 19.8 Å². The zero-order valence-electron chi connectivity index (χ0n) is 16.7. The minimum Gasteiger partial charge on any atom is -0.497 e. The van der Waals surface area contributed by atoms with Crippen LogP contribution in [0.15, 0.2) is 36.4 Å². The van der Waals surface area contributed by atoms with Crippen LogP contribution in [0.5, 0.6) is 23.0 Å². The number of ketones is 1. The molecule has 1 saturated carbocycles. The SMILES string of the molecule is COc1ccc(C2C(C(=O)c3cc(OC)c(OC)c(OC)c3)C2(C)C)cc1. The molecule has 0 bridgehead atoms. The van der Waals surface area contributed by atoms with E-state index in [0.29, 0.717) is 22.8 Å². The maximum absolute atomic E-state index is 13.3. The van der Waals surface area contributed by atoms with Crippen LogP contribution in [-0.4, -0.2) is 34.2 Å². The molecule has 0 amide bonds. The van der Waals surface area contributed by atoms with Crippen molar-refractivity contribution in [2.24, 2.45) is 11.3 Å². The summed E-state index contributed by atoms with van der Waals surface area (Å²) in [6.07, 6.45) is 0. The molecular weight excluding hydrogens is 344 g/mol. The van der Waals surface area contributed by atoms with E-state index in [1.165, 1.54) is 0 Å². The predicted molar refractivity (Wildman–Crippen MR) is 103 cm³/mol. The van der Waals surface area contributed by atoms with Crippen molar-refractivity contribution in [3.63, 3.8) is 0 Å². The molecule has 2 aromatic carbocycles. The average Bonchev–Trinajstić information content (AvgIpc) is 3.27. The normalized spacial score (nSPS) is 19.9. The lowest BCUT2D eigenvalue weighted by molar-refractivity contribution is 0.0951. The highest BCUT2D eigenvalue weighted by molar-refractivity contribution is 6.02. The molecule has 5 nitrogen and oxygen atoms in total. The number of carbonyl (C=O) groups is 1. The molecule has 5 heteroatoms. The average molecular weight is 370 g/mol. The van der Waals surface area contributed by atoms with Crippen molar-refractivity contribution in [1.29, 1.82) is 0 Å². The van der Waals surface area contributed by atoms with Gasteiger partial charge in [-0.2, -0.15) is 0 Å². The van der Waals surface area contributed by atoms with Gasteiger partial charge in [0.1, 0.15) is 5.75 Å². The van der Waals surface area contributed by atoms with E-state index in [1.54, 1.807) is 40.6 Å². The Hall–Kier alpha value is -2.69. The number of hydrogen-bond donors (Lipinski definition) is 0. The van der Waals surface area contributed by atoms with Crippen LogP contribution in [0.25, 0.3) is 0 Å². The lowest BCUT2D eigenvalue weighted by Crippen LogP contribution is -2.08. The Morgan fingerprint density at radius 2 is 1.41 bits per heavy atom. The molecule has 1 aliphatic carbocycles. The Kier molecular flexibility index (Phi) is 5.05. The second-order valence-corrected chi connectivity index (χ2v) is 7.33. The van der Waals surface area contributed by atoms with Gasteiger partial charge in [-0.15, -0.1) is 0 Å². The van der Waals surface area contributed by atoms with Crippen LogP contribution >= 0.6 is 0 Å². The van der Waals surface area contributed by atoms with Gasteiger partial charge in [-0.3, -0.25) is 4.79 Å². The zero-order chi connectivity index (χ0) is 19.8. The van der Waals surface area contributed by atoms with Crippen LogP contribution in [0.1, 0.15) is 35.7 Å². The van der Waals surface area contributed by atoms with Crippen LogP contribution < -0.4 is 18.9 Å². The molecule has 144 valence electrons. The highest BCUT2D eigenvalue weighted by atomic mass is 16.5. The molecule has 1 fully saturated rings. The third-order valence-corrected chi connectivity index (χ3v) is 5.53. The number of rotatable bonds is 7. The van der Waals surface area contributed by atoms with Crippen LogP contribution in [0.2, 0.25) is 0 Å². The van der Waals surface area contributed by atoms with Gasteiger partial charge < -0.3 is 18.9 Å². The Bertz CT molecular complexity index is 813. The highest BCUT2D eigenvalue weighted by Crippen LogP contribution is 2.65. The van der Waals surface area contributed by atoms with Crippen molar-refractivity contribution in [2.75, 3.05) is 28.4 Å². The molecule has 0 radical (unpaired) electrons. The monoisotopic (exact) mass is 370 g/mol. The van der Waals surface area contributed by atoms with Gasteiger partial charge in [0.25, 0.3) is 0 Å². The van der Waals surface area contributed by atoms with E-state index in [0.717, 1.165) is 11.3 Å². The summed E-state index contributed by atoms with van der Waals surface area (Å²) in [7, 11) is 6.29. The van der Waals surface area contributed by atoms with Crippen molar-refractivity contribution >= 4 is 5.78 Å². The molecule has 27 heavy (non-hydrogen) atoms. The number of methoxy groups -OCH3 is 4. The van der Waals surface area contributed by atoms with E-state index in [4.69, 9.17) is 18.9 Å². The third kappa shape index (κ3) is 3.22. The van der Waals surface area contributed by atoms with Crippen LogP contribution in [0, 0.1) is 11.3 Å². The highest BCUT2D eigenvalue weighted by Gasteiger charge is 2.62. The van der Waals surface area contributed by atoms with E-state index in [2.05, 4.69) is 13.8 Å². The fraction of sp³-hybridized carbons (Fsp3) is 0.409. The first-order valence-corrected chi connectivity index (χ1v) is 8.87. The molecule has 0 saturated heterocycles. The van der Waals surface area contributed by atoms with Crippen molar-refractivity contribution in [3.05, 3.63) is 47.5 Å². The first-order valence-electron chi connectivity index (χ1n) is 8.87. The molecule has 1 aliphatic rings. The first-order chi connectivity index (χ1) is 12.9. The molecule has 2 aromatic rings. The number of carbonyl (C=O) groups excluding carboxylic acids is 1. The number of hydrogen-bond acceptors (Lipinski definition) is 5. The van der Waals surface area contributed by atoms with Gasteiger partial charge in [0.05, 0.1) is 28.4 Å². The fourth-order valence-electron chi connectivity index (χ4n) is 3.96. The summed E-state index contributed by atoms with van der Waals surface area (Å²) in [6.45, 7) is 4.25. The topological polar surface area (TPSA) is 54.0 Å². The van der Waals surface area contributed by atoms with E-state index < -0.39 is 0 Å². The quantitative estimate of drug-likeness (QED) is 0.679. The van der Waals surface area contributed by atoms with Gasteiger partial charge in [-0.05, 0) is 35.2 Å². The molecule has 0 spiro atoms. The Morgan fingerprint density at radius 1 is 0.852 bits per heavy atom. The zero-order valence-corrected chi connectivity index (χ0v) is 16.7. The fourth-order valence-corrected chi connectivity index (χ4v) is 3.96. The summed E-state index contributed by atoms with van der Waals surface area (Å²) in [5.41, 5.74) is 1.59. The molecule has 0 aliphatic heterocycles. The summed E-state index contributed by atoms with van der Waals surface area (Å²) in [5.74, 6) is 2.41. The summed E-state index contributed by atoms with van der Waals surface area (Å²) < 4.78 is 21.4. The van der Waals surface area contributed by atoms with E-state index in [-0.39, 0.29) is 23.0 Å². The van der Waals surface area contributed by atoms with Crippen molar-refractivity contribution < 1.29 is 23.7 Å². The van der Waals surface area contributed by atoms with Crippen LogP contribution in [-0.2, 0) is 0 Å². The Labute approximate surface area is 160 Å². The lowest BCUT2D eigenvalue weighted by Gasteiger charge is -2.14. The largest absolute Gasteiger partial charge is 0.497 e. The maximum atomic E-state index is 13.3. The molecule has 3 rings (SSSR count). The van der Waals surface area contributed by atoms with Gasteiger partial charge >= 0.3 is 0 Å². The van der Waals surface area contributed by atoms with Gasteiger partial charge in [0.15, 0.2) is 17.3 Å². The molecule has 2 atom stereocenters. The van der Waals surface area contributed by atoms with E-state index in [9.17, 15) is 4.79 Å². The summed E-state index contributed by atoms with van der Waals surface area (Å²) in [5, 5.41) is 0. The lowest BCUT2D eigenvalue weighted by atomic mass is 10.0. The van der Waals surface area contributed by atoms with E-state index in [1.807, 2.05) is 24.3 Å². The Balaban J connectivity index is 1.93. The molecule has 0 aromatic heterocycles. The Morgan fingerprint density at radius 3 is 1.85 bits per heavy atom. The molecular formula is C22H26O5. The molecule has 0 N–H and O–H groups in total. The number of ether oxygens (including phenoxy) is 4. The number of Topliss-reactive ketones (excluding diaryl/α,β-unsaturated/α-hetero) is 1. The van der Waals surface area contributed by atoms with Crippen molar-refractivity contribution in [3.8, 4) is 23.0 Å². The van der Waals surface area contributed by atoms with Gasteiger partial charge in [-0.25, -0.2) is 0 Å². The summed E-state index contributed by atoms with van der Waals surface area (Å²) in [4.78, 5) is 13.3. The smallest absolute Gasteiger partial charge is 0.203 e. The third-order valence-electron chi connectivity index (χ3n) is 5.53. The summed E-state index contributed by atoms with van der Waals surface area (Å²) in [6, 6.07) is 11.4. The molecule has 0 heterocycles. The van der Waals surface area contributed by atoms with Crippen LogP contribution in [0.4, 0.5) is 0 Å². The number of benzene rings is 2. The van der Waals surface area contributed by atoms with Gasteiger partial charge in [0.2, 0.25) is 5.75 Å². The van der Waals surface area contributed by atoms with Gasteiger partial charge in [-0.1, -0.05) is 26.0 Å². The summed E-state index contributed by atoms with van der Waals surface area (Å²) >= 11 is 0. The van der Waals surface area contributed by atoms with Crippen LogP contribution in [0.3, 0.4) is 0 Å². The second-order valence-electron chi connectivity index (χ2n) is 7.33. The minimum absolute atomic E-state index is 0.0834. The maximum Gasteiger partial charge on any atom is 0.203 e. The first kappa shape index (κ1) is 19.1. The predicted octanol–water partition coefficient (Wildman–Crippen LogP) is 4.34. The standard InChI is InChI=1S/C22H26O5/c1-22(2)18(13-7-9-15(24-3)10-8-13)19(22)20(23)14-11-16(25-4)21(27-6)17(12-14)26-5/h7-12,18-19H,1-6H3. The second kappa shape index (κ2) is 7.14. The van der Waals surface area contributed by atoms with Crippen molar-refractivity contribution in [1.82, 2.24) is 0 Å². The van der Waals surface area contributed by atoms with Gasteiger partial charge in [0, 0.05) is 17.4 Å². The van der Waals surface area contributed by atoms with E-state index >= 15 is 0 Å². The molecule has 2 unspecified atom stereocenters.